The normalized spacial score (nSPS) is 22.5. The number of hydrogen-bond acceptors (Lipinski definition) is 5. The summed E-state index contributed by atoms with van der Waals surface area (Å²) in [6.07, 6.45) is 3.27. The molecule has 2 aromatic rings. The number of aliphatic imine (C=N–C) groups is 1. The Morgan fingerprint density at radius 3 is 2.65 bits per heavy atom. The highest BCUT2D eigenvalue weighted by Crippen LogP contribution is 2.58. The Balaban J connectivity index is 1.96. The third-order valence-electron chi connectivity index (χ3n) is 4.43. The van der Waals surface area contributed by atoms with E-state index in [1.807, 2.05) is 30.3 Å². The molecule has 2 aromatic carbocycles. The molecule has 0 amide bonds. The predicted octanol–water partition coefficient (Wildman–Crippen LogP) is 3.14. The van der Waals surface area contributed by atoms with Gasteiger partial charge in [0.05, 0.1) is 25.5 Å². The molecule has 5 nitrogen and oxygen atoms in total. The van der Waals surface area contributed by atoms with Crippen LogP contribution in [0.1, 0.15) is 17.5 Å². The van der Waals surface area contributed by atoms with Crippen molar-refractivity contribution in [2.45, 2.75) is 12.0 Å². The Morgan fingerprint density at radius 2 is 2.00 bits per heavy atom. The van der Waals surface area contributed by atoms with Crippen molar-refractivity contribution in [1.82, 2.24) is 0 Å². The van der Waals surface area contributed by atoms with Gasteiger partial charge in [-0.2, -0.15) is 8.42 Å². The Morgan fingerprint density at radius 1 is 1.27 bits per heavy atom. The fourth-order valence-corrected chi connectivity index (χ4v) is 3.44. The zero-order valence-electron chi connectivity index (χ0n) is 14.6. The number of nitrogens with zero attached hydrogens (tertiary/aromatic N) is 1. The zero-order valence-corrected chi connectivity index (χ0v) is 15.4. The van der Waals surface area contributed by atoms with Gasteiger partial charge in [-0.05, 0) is 30.2 Å². The minimum Gasteiger partial charge on any atom is -0.496 e. The van der Waals surface area contributed by atoms with Crippen molar-refractivity contribution in [3.63, 3.8) is 0 Å². The third kappa shape index (κ3) is 4.11. The molecule has 1 aliphatic carbocycles. The Hall–Kier alpha value is -2.25. The van der Waals surface area contributed by atoms with E-state index in [1.165, 1.54) is 19.2 Å². The van der Waals surface area contributed by atoms with Crippen LogP contribution in [-0.4, -0.2) is 34.6 Å². The number of benzene rings is 2. The van der Waals surface area contributed by atoms with Gasteiger partial charge in [0, 0.05) is 17.7 Å². The minimum atomic E-state index is -3.56. The smallest absolute Gasteiger partial charge is 0.264 e. The molecule has 2 atom stereocenters. The van der Waals surface area contributed by atoms with Crippen LogP contribution in [0.3, 0.4) is 0 Å². The minimum absolute atomic E-state index is 0.00930. The number of methoxy groups -OCH3 is 1. The largest absolute Gasteiger partial charge is 0.496 e. The van der Waals surface area contributed by atoms with Gasteiger partial charge in [0.15, 0.2) is 0 Å². The average Bonchev–Trinajstić information content (AvgIpc) is 3.33. The summed E-state index contributed by atoms with van der Waals surface area (Å²) in [7, 11) is -2.05. The molecule has 138 valence electrons. The first-order valence-electron chi connectivity index (χ1n) is 8.13. The Bertz CT molecular complexity index is 914. The molecule has 0 bridgehead atoms. The summed E-state index contributed by atoms with van der Waals surface area (Å²) in [5, 5.41) is 0. The maximum atomic E-state index is 13.9. The summed E-state index contributed by atoms with van der Waals surface area (Å²) in [5.74, 6) is -0.0730. The molecule has 0 saturated heterocycles. The Kier molecular flexibility index (Phi) is 5.11. The lowest BCUT2D eigenvalue weighted by Crippen LogP contribution is -2.15. The molecule has 7 heteroatoms. The van der Waals surface area contributed by atoms with Crippen molar-refractivity contribution in [2.75, 3.05) is 20.0 Å². The van der Waals surface area contributed by atoms with E-state index in [0.717, 1.165) is 11.8 Å². The molecule has 3 rings (SSSR count). The van der Waals surface area contributed by atoms with Crippen LogP contribution >= 0.6 is 0 Å². The molecule has 0 aromatic heterocycles. The number of ether oxygens (including phenoxy) is 1. The maximum Gasteiger partial charge on any atom is 0.264 e. The van der Waals surface area contributed by atoms with Crippen LogP contribution in [0.5, 0.6) is 5.75 Å². The van der Waals surface area contributed by atoms with E-state index in [2.05, 4.69) is 0 Å². The molecule has 0 heterocycles. The van der Waals surface area contributed by atoms with Gasteiger partial charge in [-0.1, -0.05) is 30.3 Å². The van der Waals surface area contributed by atoms with Crippen LogP contribution in [0.4, 0.5) is 4.39 Å². The number of halogens is 1. The maximum absolute atomic E-state index is 13.9. The van der Waals surface area contributed by atoms with E-state index >= 15 is 0 Å². The molecule has 0 spiro atoms. The van der Waals surface area contributed by atoms with Gasteiger partial charge in [0.25, 0.3) is 10.1 Å². The van der Waals surface area contributed by atoms with Crippen LogP contribution in [0.25, 0.3) is 0 Å². The van der Waals surface area contributed by atoms with E-state index in [9.17, 15) is 12.8 Å². The van der Waals surface area contributed by atoms with Crippen molar-refractivity contribution in [1.29, 1.82) is 0 Å². The highest BCUT2D eigenvalue weighted by molar-refractivity contribution is 7.85. The summed E-state index contributed by atoms with van der Waals surface area (Å²) >= 11 is 0. The second-order valence-electron chi connectivity index (χ2n) is 6.33. The first-order chi connectivity index (χ1) is 12.3. The SMILES string of the molecule is COc1ccc(F)cc1[C@@]1(/N=C/c2ccccc2)C[C@@H]1COS(C)(=O)=O. The van der Waals surface area contributed by atoms with Crippen molar-refractivity contribution in [3.05, 3.63) is 65.5 Å². The van der Waals surface area contributed by atoms with Gasteiger partial charge < -0.3 is 4.74 Å². The molecule has 0 N–H and O–H groups in total. The molecule has 0 aliphatic heterocycles. The van der Waals surface area contributed by atoms with E-state index in [1.54, 1.807) is 12.3 Å². The Labute approximate surface area is 152 Å². The molecular formula is C19H20FNO4S. The summed E-state index contributed by atoms with van der Waals surface area (Å²) in [6, 6.07) is 13.8. The number of hydrogen-bond donors (Lipinski definition) is 0. The van der Waals surface area contributed by atoms with E-state index in [0.29, 0.717) is 17.7 Å². The molecule has 1 saturated carbocycles. The molecule has 0 unspecified atom stereocenters. The zero-order chi connectivity index (χ0) is 18.8. The molecule has 26 heavy (non-hydrogen) atoms. The fraction of sp³-hybridized carbons (Fsp3) is 0.316. The second-order valence-corrected chi connectivity index (χ2v) is 7.97. The monoisotopic (exact) mass is 377 g/mol. The average molecular weight is 377 g/mol. The van der Waals surface area contributed by atoms with Gasteiger partial charge >= 0.3 is 0 Å². The first-order valence-corrected chi connectivity index (χ1v) is 9.94. The first kappa shape index (κ1) is 18.5. The van der Waals surface area contributed by atoms with E-state index in [4.69, 9.17) is 13.9 Å². The van der Waals surface area contributed by atoms with Crippen molar-refractivity contribution in [3.8, 4) is 5.75 Å². The molecule has 0 radical (unpaired) electrons. The van der Waals surface area contributed by atoms with Gasteiger partial charge in [-0.15, -0.1) is 0 Å². The second kappa shape index (κ2) is 7.17. The van der Waals surface area contributed by atoms with Crippen LogP contribution in [0.15, 0.2) is 53.5 Å². The summed E-state index contributed by atoms with van der Waals surface area (Å²) in [5.41, 5.74) is 0.722. The van der Waals surface area contributed by atoms with Crippen molar-refractivity contribution >= 4 is 16.3 Å². The van der Waals surface area contributed by atoms with E-state index < -0.39 is 21.5 Å². The molecule has 1 fully saturated rings. The highest BCUT2D eigenvalue weighted by Gasteiger charge is 2.57. The topological polar surface area (TPSA) is 65.0 Å². The molecular weight excluding hydrogens is 357 g/mol. The van der Waals surface area contributed by atoms with Crippen molar-refractivity contribution in [2.24, 2.45) is 10.9 Å². The lowest BCUT2D eigenvalue weighted by Gasteiger charge is -2.17. The van der Waals surface area contributed by atoms with E-state index in [-0.39, 0.29) is 12.5 Å². The lowest BCUT2D eigenvalue weighted by atomic mass is 10.0. The predicted molar refractivity (Wildman–Crippen MR) is 97.6 cm³/mol. The standard InChI is InChI=1S/C19H20FNO4S/c1-24-18-9-8-16(20)10-17(18)19(11-15(19)13-25-26(2,22)23)21-12-14-6-4-3-5-7-14/h3-10,12,15H,11,13H2,1-2H3/b21-12+/t15-,19-/m1/s1. The van der Waals surface area contributed by atoms with Crippen LogP contribution < -0.4 is 4.74 Å². The van der Waals surface area contributed by atoms with Gasteiger partial charge in [0.1, 0.15) is 11.6 Å². The van der Waals surface area contributed by atoms with Gasteiger partial charge in [-0.25, -0.2) is 4.39 Å². The quantitative estimate of drug-likeness (QED) is 0.549. The molecule has 1 aliphatic rings. The van der Waals surface area contributed by atoms with Gasteiger partial charge in [0.2, 0.25) is 0 Å². The fourth-order valence-electron chi connectivity index (χ4n) is 3.02. The number of rotatable bonds is 7. The van der Waals surface area contributed by atoms with Gasteiger partial charge in [-0.3, -0.25) is 9.18 Å². The van der Waals surface area contributed by atoms with Crippen LogP contribution in [0.2, 0.25) is 0 Å². The summed E-state index contributed by atoms with van der Waals surface area (Å²) in [4.78, 5) is 4.69. The third-order valence-corrected chi connectivity index (χ3v) is 4.99. The lowest BCUT2D eigenvalue weighted by molar-refractivity contribution is 0.292. The highest BCUT2D eigenvalue weighted by atomic mass is 32.2. The van der Waals surface area contributed by atoms with Crippen molar-refractivity contribution < 1.29 is 21.7 Å². The summed E-state index contributed by atoms with van der Waals surface area (Å²) in [6.45, 7) is -0.00930. The van der Waals surface area contributed by atoms with Crippen LogP contribution in [-0.2, 0) is 19.8 Å². The van der Waals surface area contributed by atoms with Crippen LogP contribution in [0, 0.1) is 11.7 Å². The summed E-state index contributed by atoms with van der Waals surface area (Å²) < 4.78 is 46.8.